The van der Waals surface area contributed by atoms with Gasteiger partial charge in [0.2, 0.25) is 0 Å². The summed E-state index contributed by atoms with van der Waals surface area (Å²) < 4.78 is 1.03. The van der Waals surface area contributed by atoms with E-state index in [4.69, 9.17) is 11.6 Å². The number of rotatable bonds is 5. The van der Waals surface area contributed by atoms with Gasteiger partial charge in [0, 0.05) is 22.1 Å². The third-order valence-corrected chi connectivity index (χ3v) is 3.88. The fourth-order valence-corrected chi connectivity index (χ4v) is 2.63. The van der Waals surface area contributed by atoms with Crippen molar-refractivity contribution in [2.24, 2.45) is 5.92 Å². The van der Waals surface area contributed by atoms with Crippen LogP contribution in [-0.4, -0.2) is 6.04 Å². The summed E-state index contributed by atoms with van der Waals surface area (Å²) in [6.07, 6.45) is 4.14. The van der Waals surface area contributed by atoms with E-state index in [1.807, 2.05) is 12.1 Å². The molecule has 0 amide bonds. The van der Waals surface area contributed by atoms with Crippen molar-refractivity contribution >= 4 is 27.5 Å². The molecule has 0 spiro atoms. The van der Waals surface area contributed by atoms with E-state index in [0.29, 0.717) is 6.04 Å². The minimum atomic E-state index is 0.590. The molecule has 0 bridgehead atoms. The second-order valence-electron chi connectivity index (χ2n) is 4.70. The summed E-state index contributed by atoms with van der Waals surface area (Å²) in [5, 5.41) is 4.36. The Bertz CT molecular complexity index is 363. The molecule has 16 heavy (non-hydrogen) atoms. The van der Waals surface area contributed by atoms with Crippen molar-refractivity contribution in [3.63, 3.8) is 0 Å². The topological polar surface area (TPSA) is 12.0 Å². The molecule has 1 unspecified atom stereocenters. The first-order chi connectivity index (χ1) is 7.65. The molecule has 88 valence electrons. The largest absolute Gasteiger partial charge is 0.310 e. The molecule has 1 aliphatic carbocycles. The van der Waals surface area contributed by atoms with Crippen LogP contribution in [0.3, 0.4) is 0 Å². The van der Waals surface area contributed by atoms with Gasteiger partial charge in [-0.2, -0.15) is 0 Å². The molecule has 1 aromatic carbocycles. The van der Waals surface area contributed by atoms with Crippen LogP contribution in [-0.2, 0) is 6.54 Å². The highest BCUT2D eigenvalue weighted by Crippen LogP contribution is 2.33. The van der Waals surface area contributed by atoms with E-state index in [0.717, 1.165) is 22.0 Å². The Labute approximate surface area is 111 Å². The van der Waals surface area contributed by atoms with Gasteiger partial charge in [-0.25, -0.2) is 0 Å². The highest BCUT2D eigenvalue weighted by molar-refractivity contribution is 9.10. The summed E-state index contributed by atoms with van der Waals surface area (Å²) in [5.74, 6) is 0.975. The van der Waals surface area contributed by atoms with Crippen LogP contribution in [0.25, 0.3) is 0 Å². The van der Waals surface area contributed by atoms with Crippen molar-refractivity contribution in [1.82, 2.24) is 5.32 Å². The molecule has 0 aliphatic heterocycles. The number of nitrogens with one attached hydrogen (secondary N) is 1. The van der Waals surface area contributed by atoms with E-state index in [1.54, 1.807) is 0 Å². The second-order valence-corrected chi connectivity index (χ2v) is 6.02. The van der Waals surface area contributed by atoms with Gasteiger partial charge in [0.25, 0.3) is 0 Å². The van der Waals surface area contributed by atoms with E-state index >= 15 is 0 Å². The van der Waals surface area contributed by atoms with Gasteiger partial charge in [0.1, 0.15) is 0 Å². The van der Waals surface area contributed by atoms with Crippen LogP contribution in [0, 0.1) is 5.92 Å². The summed E-state index contributed by atoms with van der Waals surface area (Å²) in [4.78, 5) is 0. The number of benzene rings is 1. The van der Waals surface area contributed by atoms with Gasteiger partial charge < -0.3 is 5.32 Å². The average molecular weight is 303 g/mol. The molecular formula is C13H17BrClN. The third-order valence-electron chi connectivity index (χ3n) is 3.04. The fourth-order valence-electron chi connectivity index (χ4n) is 1.89. The van der Waals surface area contributed by atoms with Gasteiger partial charge in [0.05, 0.1) is 0 Å². The lowest BCUT2D eigenvalue weighted by atomic mass is 10.1. The minimum Gasteiger partial charge on any atom is -0.310 e. The molecule has 0 radical (unpaired) electrons. The summed E-state index contributed by atoms with van der Waals surface area (Å²) in [6, 6.07) is 6.65. The van der Waals surface area contributed by atoms with E-state index in [2.05, 4.69) is 34.2 Å². The van der Waals surface area contributed by atoms with Crippen molar-refractivity contribution in [3.05, 3.63) is 33.3 Å². The first-order valence-corrected chi connectivity index (χ1v) is 6.99. The van der Waals surface area contributed by atoms with Gasteiger partial charge in [-0.15, -0.1) is 0 Å². The Morgan fingerprint density at radius 3 is 2.88 bits per heavy atom. The van der Waals surface area contributed by atoms with Crippen LogP contribution >= 0.6 is 27.5 Å². The molecule has 1 nitrogen and oxygen atoms in total. The van der Waals surface area contributed by atoms with Gasteiger partial charge in [-0.1, -0.05) is 46.4 Å². The van der Waals surface area contributed by atoms with Crippen LogP contribution < -0.4 is 5.32 Å². The molecule has 0 heterocycles. The fraction of sp³-hybridized carbons (Fsp3) is 0.538. The maximum absolute atomic E-state index is 6.16. The predicted octanol–water partition coefficient (Wildman–Crippen LogP) is 4.38. The van der Waals surface area contributed by atoms with Crippen LogP contribution in [0.1, 0.15) is 31.7 Å². The zero-order valence-corrected chi connectivity index (χ0v) is 11.8. The standard InChI is InChI=1S/C13H17BrClN/c1-9(6-10-2-3-10)16-8-11-4-5-12(14)7-13(11)15/h4-5,7,9-10,16H,2-3,6,8H2,1H3. The van der Waals surface area contributed by atoms with E-state index in [9.17, 15) is 0 Å². The molecule has 3 heteroatoms. The Kier molecular flexibility index (Phi) is 4.28. The van der Waals surface area contributed by atoms with Crippen LogP contribution in [0.15, 0.2) is 22.7 Å². The van der Waals surface area contributed by atoms with Gasteiger partial charge in [-0.05, 0) is 37.0 Å². The second kappa shape index (κ2) is 5.52. The molecule has 1 saturated carbocycles. The highest BCUT2D eigenvalue weighted by Gasteiger charge is 2.23. The zero-order valence-electron chi connectivity index (χ0n) is 9.47. The molecule has 1 aromatic rings. The summed E-state index contributed by atoms with van der Waals surface area (Å²) in [7, 11) is 0. The summed E-state index contributed by atoms with van der Waals surface area (Å²) >= 11 is 9.57. The smallest absolute Gasteiger partial charge is 0.0462 e. The lowest BCUT2D eigenvalue weighted by Gasteiger charge is -2.14. The Hall–Kier alpha value is -0.0500. The first-order valence-electron chi connectivity index (χ1n) is 5.82. The third kappa shape index (κ3) is 3.76. The Morgan fingerprint density at radius 2 is 2.25 bits per heavy atom. The van der Waals surface area contributed by atoms with Crippen molar-refractivity contribution < 1.29 is 0 Å². The SMILES string of the molecule is CC(CC1CC1)NCc1ccc(Br)cc1Cl. The van der Waals surface area contributed by atoms with Gasteiger partial charge in [-0.3, -0.25) is 0 Å². The Balaban J connectivity index is 1.83. The first kappa shape index (κ1) is 12.4. The number of hydrogen-bond acceptors (Lipinski definition) is 1. The van der Waals surface area contributed by atoms with Crippen LogP contribution in [0.2, 0.25) is 5.02 Å². The monoisotopic (exact) mass is 301 g/mol. The molecule has 2 rings (SSSR count). The molecule has 0 aromatic heterocycles. The molecular weight excluding hydrogens is 286 g/mol. The maximum Gasteiger partial charge on any atom is 0.0462 e. The van der Waals surface area contributed by atoms with Crippen LogP contribution in [0.5, 0.6) is 0 Å². The van der Waals surface area contributed by atoms with Crippen molar-refractivity contribution in [2.75, 3.05) is 0 Å². The molecule has 1 N–H and O–H groups in total. The van der Waals surface area contributed by atoms with Crippen molar-refractivity contribution in [3.8, 4) is 0 Å². The van der Waals surface area contributed by atoms with Gasteiger partial charge in [0.15, 0.2) is 0 Å². The molecule has 1 aliphatic rings. The zero-order chi connectivity index (χ0) is 11.5. The highest BCUT2D eigenvalue weighted by atomic mass is 79.9. The van der Waals surface area contributed by atoms with E-state index in [1.165, 1.54) is 24.8 Å². The van der Waals surface area contributed by atoms with Crippen molar-refractivity contribution in [2.45, 2.75) is 38.8 Å². The number of hydrogen-bond donors (Lipinski definition) is 1. The normalized spacial score (nSPS) is 17.4. The van der Waals surface area contributed by atoms with Crippen LogP contribution in [0.4, 0.5) is 0 Å². The predicted molar refractivity (Wildman–Crippen MR) is 72.8 cm³/mol. The summed E-state index contributed by atoms with van der Waals surface area (Å²) in [6.45, 7) is 3.12. The molecule has 1 atom stereocenters. The molecule has 0 saturated heterocycles. The lowest BCUT2D eigenvalue weighted by molar-refractivity contribution is 0.487. The lowest BCUT2D eigenvalue weighted by Crippen LogP contribution is -2.26. The van der Waals surface area contributed by atoms with E-state index < -0.39 is 0 Å². The van der Waals surface area contributed by atoms with Crippen molar-refractivity contribution in [1.29, 1.82) is 0 Å². The minimum absolute atomic E-state index is 0.590. The summed E-state index contributed by atoms with van der Waals surface area (Å²) in [5.41, 5.74) is 1.17. The average Bonchev–Trinajstić information content (AvgIpc) is 3.00. The maximum atomic E-state index is 6.16. The van der Waals surface area contributed by atoms with Gasteiger partial charge >= 0.3 is 0 Å². The Morgan fingerprint density at radius 1 is 1.50 bits per heavy atom. The van der Waals surface area contributed by atoms with E-state index in [-0.39, 0.29) is 0 Å². The molecule has 1 fully saturated rings. The quantitative estimate of drug-likeness (QED) is 0.851. The number of halogens is 2.